The Morgan fingerprint density at radius 2 is 1.42 bits per heavy atom. The molecule has 0 unspecified atom stereocenters. The SMILES string of the molecule is CN(C)CCC1=COC(Nc2ccccc2)(Nc2ccccc2)O1. The van der Waals surface area contributed by atoms with Gasteiger partial charge in [0, 0.05) is 24.3 Å². The van der Waals surface area contributed by atoms with Crippen molar-refractivity contribution in [2.75, 3.05) is 31.3 Å². The summed E-state index contributed by atoms with van der Waals surface area (Å²) in [4.78, 5) is 2.11. The molecule has 2 aromatic rings. The van der Waals surface area contributed by atoms with E-state index in [1.807, 2.05) is 74.8 Å². The lowest BCUT2D eigenvalue weighted by Crippen LogP contribution is -2.47. The van der Waals surface area contributed by atoms with Crippen LogP contribution in [-0.4, -0.2) is 31.6 Å². The van der Waals surface area contributed by atoms with E-state index in [0.717, 1.165) is 30.1 Å². The van der Waals surface area contributed by atoms with Crippen molar-refractivity contribution in [1.82, 2.24) is 4.90 Å². The third kappa shape index (κ3) is 4.20. The minimum Gasteiger partial charge on any atom is -0.423 e. The first-order valence-electron chi connectivity index (χ1n) is 8.02. The smallest absolute Gasteiger partial charge is 0.423 e. The molecular weight excluding hydrogens is 302 g/mol. The summed E-state index contributed by atoms with van der Waals surface area (Å²) in [6.07, 6.45) is 2.46. The largest absolute Gasteiger partial charge is 0.429 e. The molecule has 2 N–H and O–H groups in total. The van der Waals surface area contributed by atoms with Crippen LogP contribution in [0.2, 0.25) is 0 Å². The molecule has 2 aromatic carbocycles. The molecule has 0 aromatic heterocycles. The van der Waals surface area contributed by atoms with Gasteiger partial charge in [-0.2, -0.15) is 0 Å². The zero-order chi connectivity index (χ0) is 16.8. The molecule has 0 radical (unpaired) electrons. The Morgan fingerprint density at radius 1 is 0.875 bits per heavy atom. The van der Waals surface area contributed by atoms with Gasteiger partial charge in [0.25, 0.3) is 0 Å². The molecule has 5 nitrogen and oxygen atoms in total. The Morgan fingerprint density at radius 3 is 1.92 bits per heavy atom. The summed E-state index contributed by atoms with van der Waals surface area (Å²) < 4.78 is 12.0. The van der Waals surface area contributed by atoms with Gasteiger partial charge in [-0.05, 0) is 38.4 Å². The van der Waals surface area contributed by atoms with Crippen LogP contribution < -0.4 is 10.6 Å². The van der Waals surface area contributed by atoms with Crippen LogP contribution in [0.25, 0.3) is 0 Å². The van der Waals surface area contributed by atoms with Crippen LogP contribution >= 0.6 is 0 Å². The normalized spacial score (nSPS) is 15.4. The maximum atomic E-state index is 6.10. The second-order valence-corrected chi connectivity index (χ2v) is 5.96. The monoisotopic (exact) mass is 325 g/mol. The molecule has 0 atom stereocenters. The average molecular weight is 325 g/mol. The van der Waals surface area contributed by atoms with E-state index >= 15 is 0 Å². The van der Waals surface area contributed by atoms with Gasteiger partial charge < -0.3 is 14.4 Å². The molecule has 24 heavy (non-hydrogen) atoms. The number of benzene rings is 2. The van der Waals surface area contributed by atoms with E-state index in [1.54, 1.807) is 6.26 Å². The van der Waals surface area contributed by atoms with Gasteiger partial charge in [0.2, 0.25) is 0 Å². The lowest BCUT2D eigenvalue weighted by Gasteiger charge is -2.31. The first-order valence-corrected chi connectivity index (χ1v) is 8.02. The van der Waals surface area contributed by atoms with Crippen LogP contribution in [0.15, 0.2) is 72.7 Å². The highest BCUT2D eigenvalue weighted by Gasteiger charge is 2.39. The molecule has 3 rings (SSSR count). The summed E-state index contributed by atoms with van der Waals surface area (Å²) in [5, 5.41) is 6.60. The standard InChI is InChI=1S/C19H23N3O2/c1-22(2)14-13-18-15-23-19(24-18,20-16-9-5-3-6-10-16)21-17-11-7-4-8-12-17/h3-12,15,20-21H,13-14H2,1-2H3. The summed E-state index contributed by atoms with van der Waals surface area (Å²) in [6, 6.07) is 18.5. The number of para-hydroxylation sites is 2. The third-order valence-electron chi connectivity index (χ3n) is 3.60. The number of rotatable bonds is 7. The fourth-order valence-electron chi connectivity index (χ4n) is 2.39. The highest BCUT2D eigenvalue weighted by Crippen LogP contribution is 2.30. The van der Waals surface area contributed by atoms with Gasteiger partial charge in [-0.15, -0.1) is 0 Å². The number of nitrogens with one attached hydrogen (secondary N) is 2. The van der Waals surface area contributed by atoms with Crippen LogP contribution in [0.5, 0.6) is 0 Å². The first kappa shape index (κ1) is 16.2. The molecule has 1 heterocycles. The lowest BCUT2D eigenvalue weighted by atomic mass is 10.3. The van der Waals surface area contributed by atoms with Crippen LogP contribution in [0.3, 0.4) is 0 Å². The molecular formula is C19H23N3O2. The van der Waals surface area contributed by atoms with Crippen molar-refractivity contribution in [2.24, 2.45) is 0 Å². The molecule has 1 aliphatic rings. The van der Waals surface area contributed by atoms with E-state index in [-0.39, 0.29) is 0 Å². The highest BCUT2D eigenvalue weighted by molar-refractivity contribution is 5.50. The molecule has 0 fully saturated rings. The highest BCUT2D eigenvalue weighted by atomic mass is 16.8. The minimum absolute atomic E-state index is 0.779. The van der Waals surface area contributed by atoms with Crippen molar-refractivity contribution in [1.29, 1.82) is 0 Å². The van der Waals surface area contributed by atoms with Crippen molar-refractivity contribution in [2.45, 2.75) is 12.5 Å². The Labute approximate surface area is 142 Å². The number of nitrogens with zero attached hydrogens (tertiary/aromatic N) is 1. The van der Waals surface area contributed by atoms with E-state index in [0.29, 0.717) is 0 Å². The van der Waals surface area contributed by atoms with E-state index < -0.39 is 6.03 Å². The van der Waals surface area contributed by atoms with Gasteiger partial charge in [0.1, 0.15) is 12.0 Å². The summed E-state index contributed by atoms with van der Waals surface area (Å²) in [5.41, 5.74) is 1.81. The maximum Gasteiger partial charge on any atom is 0.429 e. The maximum absolute atomic E-state index is 6.10. The van der Waals surface area contributed by atoms with E-state index in [1.165, 1.54) is 0 Å². The quantitative estimate of drug-likeness (QED) is 0.761. The van der Waals surface area contributed by atoms with Crippen molar-refractivity contribution in [3.63, 3.8) is 0 Å². The molecule has 1 aliphatic heterocycles. The number of hydrogen-bond donors (Lipinski definition) is 2. The predicted octanol–water partition coefficient (Wildman–Crippen LogP) is 3.66. The first-order chi connectivity index (χ1) is 11.7. The summed E-state index contributed by atoms with van der Waals surface area (Å²) in [6.45, 7) is 0.891. The lowest BCUT2D eigenvalue weighted by molar-refractivity contribution is -0.100. The van der Waals surface area contributed by atoms with Gasteiger partial charge in [-0.1, -0.05) is 36.4 Å². The van der Waals surface area contributed by atoms with Crippen molar-refractivity contribution < 1.29 is 9.47 Å². The second-order valence-electron chi connectivity index (χ2n) is 5.96. The molecule has 5 heteroatoms. The Kier molecular flexibility index (Phi) is 4.91. The van der Waals surface area contributed by atoms with Gasteiger partial charge >= 0.3 is 6.03 Å². The number of hydrogen-bond acceptors (Lipinski definition) is 5. The molecule has 0 aliphatic carbocycles. The van der Waals surface area contributed by atoms with Crippen molar-refractivity contribution >= 4 is 11.4 Å². The molecule has 0 saturated heterocycles. The van der Waals surface area contributed by atoms with Gasteiger partial charge in [0.05, 0.1) is 0 Å². The summed E-state index contributed by atoms with van der Waals surface area (Å²) in [7, 11) is 4.07. The minimum atomic E-state index is -1.15. The zero-order valence-corrected chi connectivity index (χ0v) is 14.0. The predicted molar refractivity (Wildman–Crippen MR) is 96.3 cm³/mol. The topological polar surface area (TPSA) is 45.8 Å². The van der Waals surface area contributed by atoms with E-state index in [2.05, 4.69) is 15.5 Å². The summed E-state index contributed by atoms with van der Waals surface area (Å²) >= 11 is 0. The number of anilines is 2. The Hall–Kier alpha value is -2.66. The van der Waals surface area contributed by atoms with Crippen molar-refractivity contribution in [3.8, 4) is 0 Å². The average Bonchev–Trinajstić information content (AvgIpc) is 2.97. The van der Waals surface area contributed by atoms with Gasteiger partial charge in [-0.25, -0.2) is 0 Å². The van der Waals surface area contributed by atoms with E-state index in [9.17, 15) is 0 Å². The Balaban J connectivity index is 1.75. The van der Waals surface area contributed by atoms with E-state index in [4.69, 9.17) is 9.47 Å². The van der Waals surface area contributed by atoms with Gasteiger partial charge in [-0.3, -0.25) is 10.6 Å². The van der Waals surface area contributed by atoms with Gasteiger partial charge in [0.15, 0.2) is 0 Å². The van der Waals surface area contributed by atoms with Crippen LogP contribution in [0.1, 0.15) is 6.42 Å². The fraction of sp³-hybridized carbons (Fsp3) is 0.263. The molecule has 0 amide bonds. The van der Waals surface area contributed by atoms with Crippen molar-refractivity contribution in [3.05, 3.63) is 72.7 Å². The molecule has 0 spiro atoms. The van der Waals surface area contributed by atoms with Crippen LogP contribution in [-0.2, 0) is 9.47 Å². The molecule has 126 valence electrons. The van der Waals surface area contributed by atoms with Crippen LogP contribution in [0, 0.1) is 0 Å². The zero-order valence-electron chi connectivity index (χ0n) is 14.0. The van der Waals surface area contributed by atoms with Crippen LogP contribution in [0.4, 0.5) is 11.4 Å². The molecule has 0 saturated carbocycles. The number of ether oxygens (including phenoxy) is 2. The Bertz CT molecular complexity index is 630. The third-order valence-corrected chi connectivity index (χ3v) is 3.60. The summed E-state index contributed by atoms with van der Waals surface area (Å²) in [5.74, 6) is 0.801. The molecule has 0 bridgehead atoms. The fourth-order valence-corrected chi connectivity index (χ4v) is 2.39. The second kappa shape index (κ2) is 7.27.